The van der Waals surface area contributed by atoms with Crippen molar-refractivity contribution in [3.05, 3.63) is 23.7 Å². The quantitative estimate of drug-likeness (QED) is 0.682. The van der Waals surface area contributed by atoms with Gasteiger partial charge in [-0.2, -0.15) is 0 Å². The van der Waals surface area contributed by atoms with Gasteiger partial charge in [0.05, 0.1) is 6.26 Å². The van der Waals surface area contributed by atoms with Gasteiger partial charge in [0.2, 0.25) is 0 Å². The van der Waals surface area contributed by atoms with Gasteiger partial charge in [0.15, 0.2) is 0 Å². The average molecular weight is 191 g/mol. The van der Waals surface area contributed by atoms with Crippen molar-refractivity contribution in [2.75, 3.05) is 6.54 Å². The molecule has 1 aliphatic carbocycles. The molecule has 14 heavy (non-hydrogen) atoms. The van der Waals surface area contributed by atoms with Crippen molar-refractivity contribution in [1.82, 2.24) is 5.32 Å². The van der Waals surface area contributed by atoms with E-state index in [1.807, 2.05) is 6.26 Å². The van der Waals surface area contributed by atoms with Crippen LogP contribution in [0.5, 0.6) is 0 Å². The average Bonchev–Trinajstić information content (AvgIpc) is 2.82. The van der Waals surface area contributed by atoms with Crippen LogP contribution in [-0.4, -0.2) is 6.54 Å². The van der Waals surface area contributed by atoms with Crippen molar-refractivity contribution in [3.63, 3.8) is 0 Å². The Hall–Kier alpha value is -0.760. The Morgan fingerprint density at radius 2 is 2.21 bits per heavy atom. The fraction of sp³-hybridized carbons (Fsp3) is 0.667. The Bertz CT molecular complexity index is 336. The van der Waals surface area contributed by atoms with E-state index >= 15 is 0 Å². The molecule has 1 saturated carbocycles. The summed E-state index contributed by atoms with van der Waals surface area (Å²) in [6, 6.07) is 2.60. The topological polar surface area (TPSA) is 25.2 Å². The standard InChI is InChI=1S/C12H17NO/c1-9-10-4-7-14-11(10)12(8-13-9)5-2-3-6-12/h4,7,9,13H,2-3,5-6,8H2,1H3. The van der Waals surface area contributed by atoms with E-state index in [0.29, 0.717) is 11.5 Å². The van der Waals surface area contributed by atoms with Gasteiger partial charge in [-0.25, -0.2) is 0 Å². The van der Waals surface area contributed by atoms with E-state index in [9.17, 15) is 0 Å². The van der Waals surface area contributed by atoms with Crippen LogP contribution in [0.15, 0.2) is 16.7 Å². The molecule has 1 fully saturated rings. The Labute approximate surface area is 84.7 Å². The van der Waals surface area contributed by atoms with Crippen LogP contribution in [-0.2, 0) is 5.41 Å². The molecular weight excluding hydrogens is 174 g/mol. The summed E-state index contributed by atoms with van der Waals surface area (Å²) in [4.78, 5) is 0. The first kappa shape index (κ1) is 8.54. The SMILES string of the molecule is CC1NCC2(CCCC2)c2occc21. The smallest absolute Gasteiger partial charge is 0.115 e. The molecule has 2 heteroatoms. The van der Waals surface area contributed by atoms with E-state index in [2.05, 4.69) is 18.3 Å². The molecule has 1 atom stereocenters. The molecule has 0 aromatic carbocycles. The number of rotatable bonds is 0. The van der Waals surface area contributed by atoms with Gasteiger partial charge in [-0.3, -0.25) is 0 Å². The number of fused-ring (bicyclic) bond motifs is 2. The van der Waals surface area contributed by atoms with Crippen LogP contribution in [0.2, 0.25) is 0 Å². The molecule has 76 valence electrons. The highest BCUT2D eigenvalue weighted by Crippen LogP contribution is 2.46. The zero-order valence-corrected chi connectivity index (χ0v) is 8.68. The maximum atomic E-state index is 5.72. The Morgan fingerprint density at radius 3 is 3.00 bits per heavy atom. The van der Waals surface area contributed by atoms with Gasteiger partial charge in [0.25, 0.3) is 0 Å². The predicted octanol–water partition coefficient (Wildman–Crippen LogP) is 2.76. The molecule has 1 aromatic heterocycles. The van der Waals surface area contributed by atoms with Gasteiger partial charge in [-0.1, -0.05) is 12.8 Å². The first-order chi connectivity index (χ1) is 6.82. The molecule has 1 spiro atoms. The first-order valence-corrected chi connectivity index (χ1v) is 5.63. The van der Waals surface area contributed by atoms with Gasteiger partial charge >= 0.3 is 0 Å². The zero-order valence-electron chi connectivity index (χ0n) is 8.68. The van der Waals surface area contributed by atoms with E-state index in [4.69, 9.17) is 4.42 Å². The Morgan fingerprint density at radius 1 is 1.43 bits per heavy atom. The molecule has 0 amide bonds. The van der Waals surface area contributed by atoms with Crippen molar-refractivity contribution < 1.29 is 4.42 Å². The molecule has 2 aliphatic rings. The largest absolute Gasteiger partial charge is 0.468 e. The van der Waals surface area contributed by atoms with Crippen molar-refractivity contribution in [1.29, 1.82) is 0 Å². The molecule has 0 bridgehead atoms. The van der Waals surface area contributed by atoms with E-state index in [1.165, 1.54) is 37.0 Å². The van der Waals surface area contributed by atoms with Crippen LogP contribution in [0.1, 0.15) is 50.0 Å². The van der Waals surface area contributed by atoms with Gasteiger partial charge in [0, 0.05) is 23.6 Å². The lowest BCUT2D eigenvalue weighted by Crippen LogP contribution is -2.42. The maximum absolute atomic E-state index is 5.72. The van der Waals surface area contributed by atoms with E-state index in [1.54, 1.807) is 0 Å². The highest BCUT2D eigenvalue weighted by molar-refractivity contribution is 5.32. The third-order valence-electron chi connectivity index (χ3n) is 3.95. The fourth-order valence-corrected chi connectivity index (χ4v) is 3.09. The lowest BCUT2D eigenvalue weighted by molar-refractivity contribution is 0.283. The lowest BCUT2D eigenvalue weighted by Gasteiger charge is -2.35. The molecule has 2 heterocycles. The summed E-state index contributed by atoms with van der Waals surface area (Å²) < 4.78 is 5.72. The molecule has 0 saturated heterocycles. The second-order valence-corrected chi connectivity index (χ2v) is 4.80. The first-order valence-electron chi connectivity index (χ1n) is 5.63. The van der Waals surface area contributed by atoms with Crippen LogP contribution < -0.4 is 5.32 Å². The molecule has 2 nitrogen and oxygen atoms in total. The number of furan rings is 1. The van der Waals surface area contributed by atoms with Gasteiger partial charge in [-0.05, 0) is 25.8 Å². The van der Waals surface area contributed by atoms with Crippen LogP contribution in [0.3, 0.4) is 0 Å². The predicted molar refractivity (Wildman–Crippen MR) is 55.3 cm³/mol. The number of nitrogens with one attached hydrogen (secondary N) is 1. The van der Waals surface area contributed by atoms with Crippen LogP contribution in [0, 0.1) is 0 Å². The summed E-state index contributed by atoms with van der Waals surface area (Å²) in [7, 11) is 0. The second-order valence-electron chi connectivity index (χ2n) is 4.80. The summed E-state index contributed by atoms with van der Waals surface area (Å²) in [6.45, 7) is 3.32. The third kappa shape index (κ3) is 1.01. The third-order valence-corrected chi connectivity index (χ3v) is 3.95. The van der Waals surface area contributed by atoms with Crippen LogP contribution >= 0.6 is 0 Å². The number of hydrogen-bond donors (Lipinski definition) is 1. The minimum absolute atomic E-state index is 0.339. The summed E-state index contributed by atoms with van der Waals surface area (Å²) >= 11 is 0. The summed E-state index contributed by atoms with van der Waals surface area (Å²) in [6.07, 6.45) is 7.17. The van der Waals surface area contributed by atoms with E-state index < -0.39 is 0 Å². The molecule has 1 unspecified atom stereocenters. The molecule has 1 aromatic rings. The summed E-state index contributed by atoms with van der Waals surface area (Å²) in [5.41, 5.74) is 1.73. The van der Waals surface area contributed by atoms with Crippen LogP contribution in [0.4, 0.5) is 0 Å². The van der Waals surface area contributed by atoms with Crippen molar-refractivity contribution in [2.24, 2.45) is 0 Å². The molecule has 3 rings (SSSR count). The maximum Gasteiger partial charge on any atom is 0.115 e. The van der Waals surface area contributed by atoms with Crippen molar-refractivity contribution >= 4 is 0 Å². The van der Waals surface area contributed by atoms with E-state index in [-0.39, 0.29) is 0 Å². The van der Waals surface area contributed by atoms with Gasteiger partial charge in [-0.15, -0.1) is 0 Å². The molecule has 1 N–H and O–H groups in total. The highest BCUT2D eigenvalue weighted by atomic mass is 16.3. The summed E-state index contributed by atoms with van der Waals surface area (Å²) in [5.74, 6) is 1.28. The van der Waals surface area contributed by atoms with Gasteiger partial charge < -0.3 is 9.73 Å². The molecule has 0 radical (unpaired) electrons. The minimum Gasteiger partial charge on any atom is -0.468 e. The molecular formula is C12H17NO. The van der Waals surface area contributed by atoms with Crippen molar-refractivity contribution in [2.45, 2.75) is 44.1 Å². The van der Waals surface area contributed by atoms with Crippen molar-refractivity contribution in [3.8, 4) is 0 Å². The summed E-state index contributed by atoms with van der Waals surface area (Å²) in [5, 5.41) is 3.60. The van der Waals surface area contributed by atoms with E-state index in [0.717, 1.165) is 6.54 Å². The van der Waals surface area contributed by atoms with Gasteiger partial charge in [0.1, 0.15) is 5.76 Å². The molecule has 1 aliphatic heterocycles. The Kier molecular flexibility index (Phi) is 1.75. The monoisotopic (exact) mass is 191 g/mol. The van der Waals surface area contributed by atoms with Crippen LogP contribution in [0.25, 0.3) is 0 Å². The second kappa shape index (κ2) is 2.86. The lowest BCUT2D eigenvalue weighted by atomic mass is 9.78. The fourth-order valence-electron chi connectivity index (χ4n) is 3.09. The highest BCUT2D eigenvalue weighted by Gasteiger charge is 2.43. The number of hydrogen-bond acceptors (Lipinski definition) is 2. The zero-order chi connectivity index (χ0) is 9.60. The normalized spacial score (nSPS) is 29.4. The Balaban J connectivity index is 2.08. The minimum atomic E-state index is 0.339.